The maximum absolute atomic E-state index is 10.7. The second kappa shape index (κ2) is 6.33. The number of carboxylic acids is 1. The smallest absolute Gasteiger partial charge is 0.313 e. The average molecular weight is 311 g/mol. The predicted molar refractivity (Wildman–Crippen MR) is 80.6 cm³/mol. The molecule has 0 aliphatic heterocycles. The summed E-state index contributed by atoms with van der Waals surface area (Å²) in [4.78, 5) is 15.1. The summed E-state index contributed by atoms with van der Waals surface area (Å²) in [5.74, 6) is -0.862. The van der Waals surface area contributed by atoms with Crippen molar-refractivity contribution in [3.63, 3.8) is 0 Å². The molecule has 20 heavy (non-hydrogen) atoms. The summed E-state index contributed by atoms with van der Waals surface area (Å²) in [6.07, 6.45) is 1.91. The van der Waals surface area contributed by atoms with Crippen molar-refractivity contribution in [1.29, 1.82) is 0 Å². The third-order valence-electron chi connectivity index (χ3n) is 2.92. The Morgan fingerprint density at radius 3 is 2.85 bits per heavy atom. The van der Waals surface area contributed by atoms with E-state index < -0.39 is 5.97 Å². The van der Waals surface area contributed by atoms with E-state index in [0.717, 1.165) is 11.3 Å². The van der Waals surface area contributed by atoms with Gasteiger partial charge in [-0.3, -0.25) is 4.79 Å². The van der Waals surface area contributed by atoms with Gasteiger partial charge in [-0.25, -0.2) is 4.98 Å². The Labute approximate surface area is 126 Å². The first-order chi connectivity index (χ1) is 9.49. The Balaban J connectivity index is 2.32. The second-order valence-corrected chi connectivity index (χ2v) is 5.80. The number of imidazole rings is 1. The van der Waals surface area contributed by atoms with Gasteiger partial charge < -0.3 is 9.67 Å². The molecule has 4 nitrogen and oxygen atoms in total. The van der Waals surface area contributed by atoms with Gasteiger partial charge in [0.25, 0.3) is 0 Å². The number of hydrogen-bond acceptors (Lipinski definition) is 3. The van der Waals surface area contributed by atoms with Gasteiger partial charge in [0.05, 0.1) is 17.5 Å². The normalized spacial score (nSPS) is 12.3. The van der Waals surface area contributed by atoms with E-state index >= 15 is 0 Å². The minimum Gasteiger partial charge on any atom is -0.481 e. The fourth-order valence-electron chi connectivity index (χ4n) is 1.97. The molecule has 1 aromatic carbocycles. The Hall–Kier alpha value is -1.46. The van der Waals surface area contributed by atoms with E-state index in [2.05, 4.69) is 4.98 Å². The fraction of sp³-hybridized carbons (Fsp3) is 0.286. The topological polar surface area (TPSA) is 55.1 Å². The molecular weight excluding hydrogens is 296 g/mol. The lowest BCUT2D eigenvalue weighted by Gasteiger charge is -2.17. The van der Waals surface area contributed by atoms with Crippen LogP contribution in [-0.2, 0) is 4.79 Å². The number of hydrogen-bond donors (Lipinski definition) is 1. The first-order valence-corrected chi connectivity index (χ1v) is 7.50. The molecule has 0 saturated carbocycles. The van der Waals surface area contributed by atoms with E-state index in [1.165, 1.54) is 11.8 Å². The second-order valence-electron chi connectivity index (χ2n) is 4.45. The van der Waals surface area contributed by atoms with Crippen LogP contribution in [0.4, 0.5) is 0 Å². The molecule has 0 saturated heterocycles. The predicted octanol–water partition coefficient (Wildman–Crippen LogP) is 3.63. The van der Waals surface area contributed by atoms with Gasteiger partial charge in [0.1, 0.15) is 0 Å². The summed E-state index contributed by atoms with van der Waals surface area (Å²) in [5.41, 5.74) is 1.85. The van der Waals surface area contributed by atoms with Gasteiger partial charge in [0.15, 0.2) is 5.16 Å². The summed E-state index contributed by atoms with van der Waals surface area (Å²) < 4.78 is 1.96. The number of carboxylic acid groups (broad SMARTS) is 1. The van der Waals surface area contributed by atoms with Gasteiger partial charge in [-0.2, -0.15) is 0 Å². The van der Waals surface area contributed by atoms with Gasteiger partial charge in [0, 0.05) is 11.2 Å². The van der Waals surface area contributed by atoms with Crippen molar-refractivity contribution in [2.45, 2.75) is 25.0 Å². The number of aromatic nitrogens is 2. The molecule has 1 aromatic heterocycles. The van der Waals surface area contributed by atoms with E-state index in [-0.39, 0.29) is 11.8 Å². The highest BCUT2D eigenvalue weighted by atomic mass is 35.5. The van der Waals surface area contributed by atoms with Crippen molar-refractivity contribution >= 4 is 29.3 Å². The third kappa shape index (κ3) is 3.35. The van der Waals surface area contributed by atoms with Crippen LogP contribution < -0.4 is 0 Å². The van der Waals surface area contributed by atoms with Crippen LogP contribution in [-0.4, -0.2) is 26.4 Å². The maximum Gasteiger partial charge on any atom is 0.313 e. The zero-order chi connectivity index (χ0) is 14.7. The van der Waals surface area contributed by atoms with Crippen molar-refractivity contribution in [1.82, 2.24) is 9.55 Å². The molecule has 0 fully saturated rings. The molecule has 2 rings (SSSR count). The molecule has 0 aliphatic rings. The van der Waals surface area contributed by atoms with Crippen molar-refractivity contribution in [2.75, 3.05) is 5.75 Å². The number of benzene rings is 1. The zero-order valence-corrected chi connectivity index (χ0v) is 12.8. The summed E-state index contributed by atoms with van der Waals surface area (Å²) in [6, 6.07) is 7.64. The van der Waals surface area contributed by atoms with E-state index in [1.807, 2.05) is 48.9 Å². The zero-order valence-electron chi connectivity index (χ0n) is 11.2. The van der Waals surface area contributed by atoms with Crippen molar-refractivity contribution in [3.05, 3.63) is 46.7 Å². The van der Waals surface area contributed by atoms with Crippen LogP contribution in [0.3, 0.4) is 0 Å². The highest BCUT2D eigenvalue weighted by molar-refractivity contribution is 7.99. The lowest BCUT2D eigenvalue weighted by atomic mass is 10.1. The Bertz CT molecular complexity index is 627. The maximum atomic E-state index is 10.7. The molecule has 0 amide bonds. The van der Waals surface area contributed by atoms with Crippen LogP contribution in [0.2, 0.25) is 5.02 Å². The lowest BCUT2D eigenvalue weighted by molar-refractivity contribution is -0.133. The molecule has 2 aromatic rings. The van der Waals surface area contributed by atoms with E-state index in [4.69, 9.17) is 16.7 Å². The number of aliphatic carboxylic acids is 1. The number of halogens is 1. The number of nitrogens with zero attached hydrogens (tertiary/aromatic N) is 2. The highest BCUT2D eigenvalue weighted by Gasteiger charge is 2.16. The van der Waals surface area contributed by atoms with Gasteiger partial charge in [0.2, 0.25) is 0 Å². The van der Waals surface area contributed by atoms with Gasteiger partial charge in [-0.15, -0.1) is 0 Å². The monoisotopic (exact) mass is 310 g/mol. The van der Waals surface area contributed by atoms with Crippen LogP contribution in [0.1, 0.15) is 24.2 Å². The van der Waals surface area contributed by atoms with E-state index in [9.17, 15) is 4.79 Å². The van der Waals surface area contributed by atoms with Gasteiger partial charge in [-0.05, 0) is 25.5 Å². The summed E-state index contributed by atoms with van der Waals surface area (Å²) in [6.45, 7) is 3.91. The molecule has 0 spiro atoms. The van der Waals surface area contributed by atoms with Crippen molar-refractivity contribution in [3.8, 4) is 0 Å². The van der Waals surface area contributed by atoms with Crippen LogP contribution in [0, 0.1) is 6.92 Å². The van der Waals surface area contributed by atoms with Gasteiger partial charge >= 0.3 is 5.97 Å². The van der Waals surface area contributed by atoms with E-state index in [0.29, 0.717) is 10.2 Å². The van der Waals surface area contributed by atoms with Crippen LogP contribution >= 0.6 is 23.4 Å². The molecule has 1 unspecified atom stereocenters. The molecule has 0 aliphatic carbocycles. The number of aryl methyl sites for hydroxylation is 1. The minimum absolute atomic E-state index is 0.00111. The largest absolute Gasteiger partial charge is 0.481 e. The van der Waals surface area contributed by atoms with Gasteiger partial charge in [-0.1, -0.05) is 41.6 Å². The lowest BCUT2D eigenvalue weighted by Crippen LogP contribution is -2.09. The fourth-order valence-corrected chi connectivity index (χ4v) is 3.08. The first-order valence-electron chi connectivity index (χ1n) is 6.13. The molecular formula is C14H15ClN2O2S. The van der Waals surface area contributed by atoms with Crippen molar-refractivity contribution in [2.24, 2.45) is 0 Å². The molecule has 1 N–H and O–H groups in total. The molecule has 1 heterocycles. The van der Waals surface area contributed by atoms with E-state index in [1.54, 1.807) is 0 Å². The number of carbonyl (C=O) groups is 1. The highest BCUT2D eigenvalue weighted by Crippen LogP contribution is 2.29. The summed E-state index contributed by atoms with van der Waals surface area (Å²) in [5, 5.41) is 10.2. The standard InChI is InChI=1S/C14H15ClN2O2S/c1-9-7-17(14(16-9)20-8-13(18)19)10(2)11-5-3-4-6-12(11)15/h3-7,10H,8H2,1-2H3,(H,18,19). The molecule has 106 valence electrons. The van der Waals surface area contributed by atoms with Crippen LogP contribution in [0.15, 0.2) is 35.6 Å². The molecule has 6 heteroatoms. The SMILES string of the molecule is Cc1cn(C(C)c2ccccc2Cl)c(SCC(=O)O)n1. The third-order valence-corrected chi connectivity index (χ3v) is 4.21. The molecule has 1 atom stereocenters. The van der Waals surface area contributed by atoms with Crippen LogP contribution in [0.25, 0.3) is 0 Å². The first kappa shape index (κ1) is 14.9. The van der Waals surface area contributed by atoms with Crippen LogP contribution in [0.5, 0.6) is 0 Å². The Morgan fingerprint density at radius 2 is 2.20 bits per heavy atom. The average Bonchev–Trinajstić information content (AvgIpc) is 2.77. The Kier molecular flexibility index (Phi) is 4.73. The Morgan fingerprint density at radius 1 is 1.50 bits per heavy atom. The van der Waals surface area contributed by atoms with Crippen molar-refractivity contribution < 1.29 is 9.90 Å². The number of rotatable bonds is 5. The summed E-state index contributed by atoms with van der Waals surface area (Å²) in [7, 11) is 0. The minimum atomic E-state index is -0.854. The molecule has 0 bridgehead atoms. The number of thioether (sulfide) groups is 1. The quantitative estimate of drug-likeness (QED) is 0.857. The summed E-state index contributed by atoms with van der Waals surface area (Å²) >= 11 is 7.44. The molecule has 0 radical (unpaired) electrons.